The van der Waals surface area contributed by atoms with Crippen LogP contribution in [0.3, 0.4) is 0 Å². The zero-order valence-electron chi connectivity index (χ0n) is 22.2. The van der Waals surface area contributed by atoms with E-state index >= 15 is 0 Å². The topological polar surface area (TPSA) is 160 Å². The summed E-state index contributed by atoms with van der Waals surface area (Å²) in [5.41, 5.74) is -0.445. The molecular weight excluding hydrogens is 530 g/mol. The van der Waals surface area contributed by atoms with Crippen LogP contribution in [0.5, 0.6) is 0 Å². The molecule has 1 saturated heterocycles. The summed E-state index contributed by atoms with van der Waals surface area (Å²) in [4.78, 5) is 29.5. The SMILES string of the molecule is CC(C)(C)N(C(=O)O)[C@@H](Cc1ccccc1)[C@H](O)CN(OC1CCOCC1)S(=O)(=O)c1ccc([N+](=O)[O-])cc1. The van der Waals surface area contributed by atoms with Crippen molar-refractivity contribution < 1.29 is 37.9 Å². The van der Waals surface area contributed by atoms with E-state index in [0.29, 0.717) is 30.5 Å². The minimum absolute atomic E-state index is 0.119. The minimum atomic E-state index is -4.40. The van der Waals surface area contributed by atoms with E-state index in [-0.39, 0.29) is 17.0 Å². The Bertz CT molecular complexity index is 1210. The van der Waals surface area contributed by atoms with Crippen LogP contribution >= 0.6 is 0 Å². The molecule has 0 unspecified atom stereocenters. The van der Waals surface area contributed by atoms with E-state index in [0.717, 1.165) is 34.7 Å². The molecule has 13 heteroatoms. The van der Waals surface area contributed by atoms with Gasteiger partial charge in [0.25, 0.3) is 15.7 Å². The first-order valence-electron chi connectivity index (χ1n) is 12.6. The van der Waals surface area contributed by atoms with Crippen molar-refractivity contribution in [2.24, 2.45) is 0 Å². The highest BCUT2D eigenvalue weighted by Crippen LogP contribution is 2.27. The Balaban J connectivity index is 1.99. The molecule has 0 spiro atoms. The van der Waals surface area contributed by atoms with Crippen LogP contribution in [0.15, 0.2) is 59.5 Å². The summed E-state index contributed by atoms with van der Waals surface area (Å²) in [6.07, 6.45) is -2.33. The Morgan fingerprint density at radius 1 is 1.13 bits per heavy atom. The molecule has 2 N–H and O–H groups in total. The number of benzene rings is 2. The Kier molecular flexibility index (Phi) is 10.0. The maximum atomic E-state index is 13.7. The molecule has 1 aliphatic heterocycles. The van der Waals surface area contributed by atoms with Crippen molar-refractivity contribution in [3.8, 4) is 0 Å². The zero-order valence-corrected chi connectivity index (χ0v) is 23.0. The summed E-state index contributed by atoms with van der Waals surface area (Å²) in [6, 6.07) is 12.3. The molecule has 1 aliphatic rings. The second-order valence-electron chi connectivity index (χ2n) is 10.3. The maximum Gasteiger partial charge on any atom is 0.408 e. The number of ether oxygens (including phenoxy) is 1. The quantitative estimate of drug-likeness (QED) is 0.307. The standard InChI is InChI=1S/C26H35N3O9S/c1-26(2,3)28(25(31)32)23(17-19-7-5-4-6-8-19)24(30)18-27(38-21-13-15-37-16-14-21)39(35,36)22-11-9-20(10-12-22)29(33)34/h4-12,21,23-24,30H,13-18H2,1-3H3,(H,31,32)/t23-,24+/m0/s1. The van der Waals surface area contributed by atoms with Crippen LogP contribution in [-0.2, 0) is 26.0 Å². The predicted octanol–water partition coefficient (Wildman–Crippen LogP) is 3.45. The van der Waals surface area contributed by atoms with E-state index in [1.807, 2.05) is 6.07 Å². The number of hydroxylamine groups is 1. The lowest BCUT2D eigenvalue weighted by molar-refractivity contribution is -0.384. The van der Waals surface area contributed by atoms with E-state index in [2.05, 4.69) is 0 Å². The third kappa shape index (κ3) is 7.96. The van der Waals surface area contributed by atoms with Gasteiger partial charge < -0.3 is 14.9 Å². The maximum absolute atomic E-state index is 13.7. The number of aliphatic hydroxyl groups excluding tert-OH is 1. The van der Waals surface area contributed by atoms with Crippen molar-refractivity contribution >= 4 is 21.8 Å². The van der Waals surface area contributed by atoms with Crippen LogP contribution in [0.25, 0.3) is 0 Å². The summed E-state index contributed by atoms with van der Waals surface area (Å²) in [7, 11) is -4.40. The van der Waals surface area contributed by atoms with Gasteiger partial charge in [0.2, 0.25) is 0 Å². The fourth-order valence-corrected chi connectivity index (χ4v) is 5.76. The van der Waals surface area contributed by atoms with Crippen molar-refractivity contribution in [3.63, 3.8) is 0 Å². The molecule has 1 amide bonds. The smallest absolute Gasteiger partial charge is 0.408 e. The minimum Gasteiger partial charge on any atom is -0.465 e. The number of nitro groups is 1. The second-order valence-corrected chi connectivity index (χ2v) is 12.1. The van der Waals surface area contributed by atoms with Gasteiger partial charge in [0.1, 0.15) is 0 Å². The molecule has 2 aromatic rings. The first kappa shape index (κ1) is 30.4. The highest BCUT2D eigenvalue weighted by atomic mass is 32.2. The third-order valence-corrected chi connectivity index (χ3v) is 8.02. The number of carboxylic acid groups (broad SMARTS) is 1. The molecule has 0 bridgehead atoms. The molecule has 214 valence electrons. The molecule has 3 rings (SSSR count). The fourth-order valence-electron chi connectivity index (χ4n) is 4.46. The van der Waals surface area contributed by atoms with Gasteiger partial charge in [0.05, 0.1) is 34.6 Å². The number of nitrogens with zero attached hydrogens (tertiary/aromatic N) is 3. The van der Waals surface area contributed by atoms with Crippen molar-refractivity contribution in [1.29, 1.82) is 0 Å². The Morgan fingerprint density at radius 2 is 1.72 bits per heavy atom. The number of sulfonamides is 1. The van der Waals surface area contributed by atoms with Gasteiger partial charge in [0.15, 0.2) is 0 Å². The predicted molar refractivity (Wildman–Crippen MR) is 141 cm³/mol. The van der Waals surface area contributed by atoms with Crippen LogP contribution in [0, 0.1) is 10.1 Å². The molecule has 12 nitrogen and oxygen atoms in total. The zero-order chi connectivity index (χ0) is 28.8. The van der Waals surface area contributed by atoms with Crippen LogP contribution in [0.4, 0.5) is 10.5 Å². The number of amides is 1. The number of non-ortho nitro benzene ring substituents is 1. The summed E-state index contributed by atoms with van der Waals surface area (Å²) < 4.78 is 33.3. The molecule has 0 radical (unpaired) electrons. The van der Waals surface area contributed by atoms with E-state index in [1.54, 1.807) is 45.0 Å². The van der Waals surface area contributed by atoms with E-state index in [9.17, 15) is 33.5 Å². The summed E-state index contributed by atoms with van der Waals surface area (Å²) in [5, 5.41) is 32.6. The summed E-state index contributed by atoms with van der Waals surface area (Å²) in [6.45, 7) is 5.23. The summed E-state index contributed by atoms with van der Waals surface area (Å²) in [5.74, 6) is 0. The fraction of sp³-hybridized carbons (Fsp3) is 0.500. The molecule has 2 aromatic carbocycles. The van der Waals surface area contributed by atoms with Gasteiger partial charge >= 0.3 is 6.09 Å². The van der Waals surface area contributed by atoms with Crippen LogP contribution in [0.2, 0.25) is 0 Å². The Hall–Kier alpha value is -3.10. The van der Waals surface area contributed by atoms with E-state index in [4.69, 9.17) is 9.57 Å². The van der Waals surface area contributed by atoms with Crippen molar-refractivity contribution in [3.05, 3.63) is 70.3 Å². The van der Waals surface area contributed by atoms with Gasteiger partial charge in [-0.25, -0.2) is 13.2 Å². The average Bonchev–Trinajstić information content (AvgIpc) is 2.88. The normalized spacial score (nSPS) is 16.5. The van der Waals surface area contributed by atoms with E-state index < -0.39 is 51.4 Å². The molecular formula is C26H35N3O9S. The number of hydrogen-bond donors (Lipinski definition) is 2. The number of rotatable bonds is 11. The molecule has 0 aromatic heterocycles. The van der Waals surface area contributed by atoms with Crippen molar-refractivity contribution in [2.45, 2.75) is 68.7 Å². The number of carbonyl (C=O) groups is 1. The van der Waals surface area contributed by atoms with Crippen LogP contribution in [0.1, 0.15) is 39.2 Å². The van der Waals surface area contributed by atoms with Gasteiger partial charge in [-0.1, -0.05) is 34.8 Å². The second kappa shape index (κ2) is 12.8. The average molecular weight is 566 g/mol. The molecule has 1 heterocycles. The number of hydrogen-bond acceptors (Lipinski definition) is 8. The Labute approximate surface area is 227 Å². The third-order valence-electron chi connectivity index (χ3n) is 6.38. The molecule has 0 aliphatic carbocycles. The summed E-state index contributed by atoms with van der Waals surface area (Å²) >= 11 is 0. The first-order chi connectivity index (χ1) is 18.3. The highest BCUT2D eigenvalue weighted by molar-refractivity contribution is 7.89. The lowest BCUT2D eigenvalue weighted by Gasteiger charge is -2.42. The van der Waals surface area contributed by atoms with Gasteiger partial charge in [-0.2, -0.15) is 0 Å². The molecule has 39 heavy (non-hydrogen) atoms. The lowest BCUT2D eigenvalue weighted by Crippen LogP contribution is -2.58. The molecule has 1 fully saturated rings. The number of aliphatic hydroxyl groups is 1. The van der Waals surface area contributed by atoms with Crippen LogP contribution in [-0.4, -0.2) is 82.6 Å². The van der Waals surface area contributed by atoms with Crippen molar-refractivity contribution in [2.75, 3.05) is 19.8 Å². The molecule has 2 atom stereocenters. The van der Waals surface area contributed by atoms with Gasteiger partial charge in [-0.3, -0.25) is 19.9 Å². The lowest BCUT2D eigenvalue weighted by atomic mass is 9.95. The van der Waals surface area contributed by atoms with Gasteiger partial charge in [-0.15, -0.1) is 0 Å². The van der Waals surface area contributed by atoms with Crippen LogP contribution < -0.4 is 0 Å². The van der Waals surface area contributed by atoms with Gasteiger partial charge in [-0.05, 0) is 57.7 Å². The van der Waals surface area contributed by atoms with Gasteiger partial charge in [0, 0.05) is 30.9 Å². The first-order valence-corrected chi connectivity index (χ1v) is 14.0. The number of nitro benzene ring substituents is 1. The largest absolute Gasteiger partial charge is 0.465 e. The highest BCUT2D eigenvalue weighted by Gasteiger charge is 2.40. The van der Waals surface area contributed by atoms with E-state index in [1.165, 1.54) is 0 Å². The molecule has 0 saturated carbocycles. The monoisotopic (exact) mass is 565 g/mol. The Morgan fingerprint density at radius 3 is 2.23 bits per heavy atom. The van der Waals surface area contributed by atoms with Crippen molar-refractivity contribution in [1.82, 2.24) is 9.37 Å².